The molecule has 1 rings (SSSR count). The summed E-state index contributed by atoms with van der Waals surface area (Å²) >= 11 is 0. The van der Waals surface area contributed by atoms with Crippen LogP contribution in [0.2, 0.25) is 0 Å². The number of benzene rings is 1. The number of hydrogen-bond donors (Lipinski definition) is 1. The molecule has 0 bridgehead atoms. The number of hydrogen-bond acceptors (Lipinski definition) is 3. The van der Waals surface area contributed by atoms with Crippen molar-refractivity contribution in [1.82, 2.24) is 0 Å². The van der Waals surface area contributed by atoms with E-state index in [1.54, 1.807) is 12.1 Å². The molecule has 0 saturated heterocycles. The van der Waals surface area contributed by atoms with E-state index in [0.29, 0.717) is 17.9 Å². The molecule has 1 aromatic rings. The lowest BCUT2D eigenvalue weighted by Gasteiger charge is -2.30. The predicted octanol–water partition coefficient (Wildman–Crippen LogP) is 2.63. The first kappa shape index (κ1) is 15.6. The van der Waals surface area contributed by atoms with Crippen molar-refractivity contribution in [2.75, 3.05) is 13.7 Å². The van der Waals surface area contributed by atoms with Gasteiger partial charge < -0.3 is 10.5 Å². The van der Waals surface area contributed by atoms with Gasteiger partial charge >= 0.3 is 5.97 Å². The number of esters is 1. The highest BCUT2D eigenvalue weighted by molar-refractivity contribution is 5.83. The standard InChI is InChI=1S/C15H22FNO2/c1-11(2)7-8-15(10-17,14(18)19-3)12-5-4-6-13(16)9-12/h4-6,9,11H,7-8,10,17H2,1-3H3. The maximum absolute atomic E-state index is 13.4. The summed E-state index contributed by atoms with van der Waals surface area (Å²) in [5, 5.41) is 0. The van der Waals surface area contributed by atoms with E-state index in [4.69, 9.17) is 10.5 Å². The minimum absolute atomic E-state index is 0.107. The molecule has 0 saturated carbocycles. The quantitative estimate of drug-likeness (QED) is 0.806. The minimum Gasteiger partial charge on any atom is -0.468 e. The Hall–Kier alpha value is -1.42. The van der Waals surface area contributed by atoms with Crippen LogP contribution in [0.4, 0.5) is 4.39 Å². The number of ether oxygens (including phenoxy) is 1. The van der Waals surface area contributed by atoms with Gasteiger partial charge in [-0.3, -0.25) is 4.79 Å². The van der Waals surface area contributed by atoms with Crippen LogP contribution in [0.15, 0.2) is 24.3 Å². The average molecular weight is 267 g/mol. The monoisotopic (exact) mass is 267 g/mol. The molecule has 0 fully saturated rings. The molecule has 0 aliphatic heterocycles. The number of carbonyl (C=O) groups excluding carboxylic acids is 1. The Morgan fingerprint density at radius 3 is 2.63 bits per heavy atom. The molecule has 4 heteroatoms. The Bertz CT molecular complexity index is 434. The summed E-state index contributed by atoms with van der Waals surface area (Å²) in [6.45, 7) is 4.25. The fourth-order valence-corrected chi connectivity index (χ4v) is 2.18. The molecule has 19 heavy (non-hydrogen) atoms. The summed E-state index contributed by atoms with van der Waals surface area (Å²) < 4.78 is 18.3. The van der Waals surface area contributed by atoms with Crippen LogP contribution in [-0.2, 0) is 14.9 Å². The molecule has 0 spiro atoms. The van der Waals surface area contributed by atoms with E-state index in [-0.39, 0.29) is 12.4 Å². The summed E-state index contributed by atoms with van der Waals surface area (Å²) in [4.78, 5) is 12.2. The van der Waals surface area contributed by atoms with Crippen molar-refractivity contribution in [3.8, 4) is 0 Å². The van der Waals surface area contributed by atoms with Crippen LogP contribution in [0.1, 0.15) is 32.3 Å². The Morgan fingerprint density at radius 1 is 1.47 bits per heavy atom. The van der Waals surface area contributed by atoms with Crippen molar-refractivity contribution in [2.45, 2.75) is 32.1 Å². The number of nitrogens with two attached hydrogens (primary N) is 1. The summed E-state index contributed by atoms with van der Waals surface area (Å²) in [7, 11) is 1.33. The van der Waals surface area contributed by atoms with Gasteiger partial charge in [0.1, 0.15) is 11.2 Å². The van der Waals surface area contributed by atoms with E-state index in [1.807, 2.05) is 0 Å². The Balaban J connectivity index is 3.19. The van der Waals surface area contributed by atoms with Crippen LogP contribution >= 0.6 is 0 Å². The normalized spacial score (nSPS) is 14.2. The fourth-order valence-electron chi connectivity index (χ4n) is 2.18. The van der Waals surface area contributed by atoms with E-state index in [0.717, 1.165) is 6.42 Å². The van der Waals surface area contributed by atoms with E-state index in [2.05, 4.69) is 13.8 Å². The molecular weight excluding hydrogens is 245 g/mol. The van der Waals surface area contributed by atoms with Crippen LogP contribution < -0.4 is 5.73 Å². The van der Waals surface area contributed by atoms with E-state index in [1.165, 1.54) is 19.2 Å². The van der Waals surface area contributed by atoms with E-state index < -0.39 is 11.4 Å². The average Bonchev–Trinajstić information content (AvgIpc) is 2.39. The first-order valence-electron chi connectivity index (χ1n) is 6.51. The number of methoxy groups -OCH3 is 1. The molecule has 2 N–H and O–H groups in total. The van der Waals surface area contributed by atoms with Gasteiger partial charge in [-0.25, -0.2) is 4.39 Å². The summed E-state index contributed by atoms with van der Waals surface area (Å²) in [5.41, 5.74) is 5.46. The van der Waals surface area contributed by atoms with Gasteiger partial charge in [-0.1, -0.05) is 26.0 Å². The maximum atomic E-state index is 13.4. The SMILES string of the molecule is COC(=O)C(CN)(CCC(C)C)c1cccc(F)c1. The van der Waals surface area contributed by atoms with Crippen molar-refractivity contribution in [3.05, 3.63) is 35.6 Å². The van der Waals surface area contributed by atoms with Crippen LogP contribution in [0.5, 0.6) is 0 Å². The van der Waals surface area contributed by atoms with Crippen molar-refractivity contribution in [2.24, 2.45) is 11.7 Å². The zero-order chi connectivity index (χ0) is 14.5. The molecule has 106 valence electrons. The Labute approximate surface area is 113 Å². The molecule has 1 aromatic carbocycles. The maximum Gasteiger partial charge on any atom is 0.317 e. The lowest BCUT2D eigenvalue weighted by Crippen LogP contribution is -2.44. The molecule has 0 radical (unpaired) electrons. The topological polar surface area (TPSA) is 52.3 Å². The second-order valence-corrected chi connectivity index (χ2v) is 5.22. The number of rotatable bonds is 6. The highest BCUT2D eigenvalue weighted by Crippen LogP contribution is 2.32. The largest absolute Gasteiger partial charge is 0.468 e. The lowest BCUT2D eigenvalue weighted by atomic mass is 9.75. The zero-order valence-electron chi connectivity index (χ0n) is 11.8. The molecular formula is C15H22FNO2. The summed E-state index contributed by atoms with van der Waals surface area (Å²) in [6, 6.07) is 6.04. The van der Waals surface area contributed by atoms with Gasteiger partial charge in [0.25, 0.3) is 0 Å². The van der Waals surface area contributed by atoms with Gasteiger partial charge in [0.05, 0.1) is 7.11 Å². The molecule has 0 aliphatic carbocycles. The number of carbonyl (C=O) groups is 1. The molecule has 1 atom stereocenters. The molecule has 0 aliphatic rings. The second kappa shape index (κ2) is 6.66. The van der Waals surface area contributed by atoms with Gasteiger partial charge in [-0.15, -0.1) is 0 Å². The summed E-state index contributed by atoms with van der Waals surface area (Å²) in [6.07, 6.45) is 1.38. The highest BCUT2D eigenvalue weighted by atomic mass is 19.1. The molecule has 1 unspecified atom stereocenters. The zero-order valence-corrected chi connectivity index (χ0v) is 11.8. The second-order valence-electron chi connectivity index (χ2n) is 5.22. The predicted molar refractivity (Wildman–Crippen MR) is 73.2 cm³/mol. The van der Waals surface area contributed by atoms with E-state index >= 15 is 0 Å². The first-order chi connectivity index (χ1) is 8.96. The van der Waals surface area contributed by atoms with E-state index in [9.17, 15) is 9.18 Å². The van der Waals surface area contributed by atoms with Crippen molar-refractivity contribution >= 4 is 5.97 Å². The fraction of sp³-hybridized carbons (Fsp3) is 0.533. The lowest BCUT2D eigenvalue weighted by molar-refractivity contribution is -0.147. The molecule has 3 nitrogen and oxygen atoms in total. The smallest absolute Gasteiger partial charge is 0.317 e. The molecule has 0 heterocycles. The van der Waals surface area contributed by atoms with Gasteiger partial charge in [0.15, 0.2) is 0 Å². The third-order valence-corrected chi connectivity index (χ3v) is 3.45. The molecule has 0 aromatic heterocycles. The van der Waals surface area contributed by atoms with Gasteiger partial charge in [-0.2, -0.15) is 0 Å². The Kier molecular flexibility index (Phi) is 5.48. The van der Waals surface area contributed by atoms with Gasteiger partial charge in [0, 0.05) is 6.54 Å². The van der Waals surface area contributed by atoms with Crippen LogP contribution in [0.25, 0.3) is 0 Å². The number of halogens is 1. The summed E-state index contributed by atoms with van der Waals surface area (Å²) in [5.74, 6) is -0.339. The third-order valence-electron chi connectivity index (χ3n) is 3.45. The Morgan fingerprint density at radius 2 is 2.16 bits per heavy atom. The van der Waals surface area contributed by atoms with Crippen molar-refractivity contribution in [3.63, 3.8) is 0 Å². The molecule has 0 amide bonds. The highest BCUT2D eigenvalue weighted by Gasteiger charge is 2.40. The third kappa shape index (κ3) is 3.53. The van der Waals surface area contributed by atoms with Crippen molar-refractivity contribution in [1.29, 1.82) is 0 Å². The van der Waals surface area contributed by atoms with Crippen LogP contribution in [0.3, 0.4) is 0 Å². The van der Waals surface area contributed by atoms with Gasteiger partial charge in [0.2, 0.25) is 0 Å². The van der Waals surface area contributed by atoms with Gasteiger partial charge in [-0.05, 0) is 36.5 Å². The minimum atomic E-state index is -0.957. The van der Waals surface area contributed by atoms with Crippen molar-refractivity contribution < 1.29 is 13.9 Å². The van der Waals surface area contributed by atoms with Crippen LogP contribution in [0, 0.1) is 11.7 Å². The first-order valence-corrected chi connectivity index (χ1v) is 6.51. The van der Waals surface area contributed by atoms with Crippen LogP contribution in [-0.4, -0.2) is 19.6 Å².